The van der Waals surface area contributed by atoms with Gasteiger partial charge in [0.25, 0.3) is 0 Å². The predicted octanol–water partition coefficient (Wildman–Crippen LogP) is 0.932. The van der Waals surface area contributed by atoms with Gasteiger partial charge >= 0.3 is 0 Å². The first-order valence-corrected chi connectivity index (χ1v) is 4.92. The van der Waals surface area contributed by atoms with E-state index in [1.54, 1.807) is 0 Å². The van der Waals surface area contributed by atoms with Crippen molar-refractivity contribution < 1.29 is 9.53 Å². The van der Waals surface area contributed by atoms with Crippen LogP contribution in [0, 0.1) is 5.92 Å². The zero-order chi connectivity index (χ0) is 9.84. The number of likely N-dealkylation sites (N-methyl/N-ethyl adjacent to an activating group) is 1. The van der Waals surface area contributed by atoms with Gasteiger partial charge in [0.05, 0.1) is 6.10 Å². The Kier molecular flexibility index (Phi) is 3.88. The van der Waals surface area contributed by atoms with Crippen LogP contribution in [0.3, 0.4) is 0 Å². The van der Waals surface area contributed by atoms with Gasteiger partial charge in [-0.25, -0.2) is 0 Å². The predicted molar refractivity (Wildman–Crippen MR) is 51.7 cm³/mol. The number of ketones is 1. The largest absolute Gasteiger partial charge is 0.369 e. The first kappa shape index (κ1) is 10.7. The van der Waals surface area contributed by atoms with Crippen molar-refractivity contribution in [3.05, 3.63) is 0 Å². The van der Waals surface area contributed by atoms with Gasteiger partial charge in [0.2, 0.25) is 0 Å². The molecule has 0 aromatic carbocycles. The Morgan fingerprint density at radius 2 is 2.31 bits per heavy atom. The molecule has 0 spiro atoms. The number of hydrogen-bond acceptors (Lipinski definition) is 3. The summed E-state index contributed by atoms with van der Waals surface area (Å²) < 4.78 is 5.51. The average molecular weight is 185 g/mol. The molecule has 76 valence electrons. The third-order valence-corrected chi connectivity index (χ3v) is 2.45. The molecule has 1 saturated heterocycles. The van der Waals surface area contributed by atoms with Crippen LogP contribution in [0.4, 0.5) is 0 Å². The van der Waals surface area contributed by atoms with E-state index in [1.165, 1.54) is 0 Å². The van der Waals surface area contributed by atoms with Gasteiger partial charge in [0, 0.05) is 19.0 Å². The Morgan fingerprint density at radius 3 is 2.77 bits per heavy atom. The minimum atomic E-state index is 0.0964. The summed E-state index contributed by atoms with van der Waals surface area (Å²) in [7, 11) is 2.08. The van der Waals surface area contributed by atoms with Gasteiger partial charge in [-0.15, -0.1) is 0 Å². The molecule has 0 aliphatic carbocycles. The van der Waals surface area contributed by atoms with E-state index in [0.29, 0.717) is 0 Å². The molecule has 3 nitrogen and oxygen atoms in total. The number of nitrogens with zero attached hydrogens (tertiary/aromatic N) is 1. The smallest absolute Gasteiger partial charge is 0.160 e. The summed E-state index contributed by atoms with van der Waals surface area (Å²) in [5, 5.41) is 0. The number of carbonyl (C=O) groups excluding carboxylic acids is 1. The van der Waals surface area contributed by atoms with E-state index in [2.05, 4.69) is 11.9 Å². The van der Waals surface area contributed by atoms with Gasteiger partial charge in [-0.05, 0) is 13.5 Å². The van der Waals surface area contributed by atoms with E-state index in [4.69, 9.17) is 4.74 Å². The van der Waals surface area contributed by atoms with Crippen LogP contribution in [0.2, 0.25) is 0 Å². The molecule has 3 heteroatoms. The van der Waals surface area contributed by atoms with E-state index in [-0.39, 0.29) is 24.4 Å². The molecule has 1 aliphatic heterocycles. The highest BCUT2D eigenvalue weighted by Gasteiger charge is 2.21. The molecule has 0 bridgehead atoms. The van der Waals surface area contributed by atoms with Crippen molar-refractivity contribution in [2.45, 2.75) is 26.4 Å². The van der Waals surface area contributed by atoms with Gasteiger partial charge in [-0.3, -0.25) is 4.79 Å². The Bertz CT molecular complexity index is 180. The normalized spacial score (nSPS) is 24.2. The maximum Gasteiger partial charge on any atom is 0.160 e. The lowest BCUT2D eigenvalue weighted by Crippen LogP contribution is -2.23. The Morgan fingerprint density at radius 1 is 1.62 bits per heavy atom. The molecule has 1 unspecified atom stereocenters. The highest BCUT2D eigenvalue weighted by Crippen LogP contribution is 2.10. The van der Waals surface area contributed by atoms with E-state index in [0.717, 1.165) is 19.5 Å². The summed E-state index contributed by atoms with van der Waals surface area (Å²) in [6, 6.07) is 0. The molecule has 1 heterocycles. The third-order valence-electron chi connectivity index (χ3n) is 2.45. The molecule has 0 amide bonds. The number of likely N-dealkylation sites (tertiary alicyclic amines) is 1. The zero-order valence-electron chi connectivity index (χ0n) is 8.75. The summed E-state index contributed by atoms with van der Waals surface area (Å²) in [5.74, 6) is 0.300. The minimum absolute atomic E-state index is 0.0964. The summed E-state index contributed by atoms with van der Waals surface area (Å²) in [6.45, 7) is 6.15. The first-order valence-electron chi connectivity index (χ1n) is 4.92. The van der Waals surface area contributed by atoms with Crippen molar-refractivity contribution in [2.24, 2.45) is 5.92 Å². The lowest BCUT2D eigenvalue weighted by atomic mass is 10.1. The van der Waals surface area contributed by atoms with Crippen molar-refractivity contribution in [1.29, 1.82) is 0 Å². The second kappa shape index (κ2) is 4.72. The highest BCUT2D eigenvalue weighted by molar-refractivity contribution is 5.81. The maximum absolute atomic E-state index is 11.2. The van der Waals surface area contributed by atoms with E-state index >= 15 is 0 Å². The second-order valence-electron chi connectivity index (χ2n) is 4.10. The number of rotatable bonds is 4. The minimum Gasteiger partial charge on any atom is -0.369 e. The van der Waals surface area contributed by atoms with Crippen LogP contribution in [0.1, 0.15) is 20.3 Å². The van der Waals surface area contributed by atoms with E-state index in [9.17, 15) is 4.79 Å². The fourth-order valence-corrected chi connectivity index (χ4v) is 1.40. The Hall–Kier alpha value is -0.410. The standard InChI is InChI=1S/C10H19NO2/c1-8(2)10(12)7-13-9-4-5-11(3)6-9/h8-9H,4-7H2,1-3H3. The van der Waals surface area contributed by atoms with Crippen molar-refractivity contribution in [1.82, 2.24) is 4.90 Å². The third kappa shape index (κ3) is 3.44. The summed E-state index contributed by atoms with van der Waals surface area (Å²) in [6.07, 6.45) is 1.33. The molecule has 0 saturated carbocycles. The maximum atomic E-state index is 11.2. The fraction of sp³-hybridized carbons (Fsp3) is 0.900. The Balaban J connectivity index is 2.16. The van der Waals surface area contributed by atoms with Crippen molar-refractivity contribution in [3.63, 3.8) is 0 Å². The zero-order valence-corrected chi connectivity index (χ0v) is 8.75. The molecular weight excluding hydrogens is 166 g/mol. The summed E-state index contributed by atoms with van der Waals surface area (Å²) in [5.41, 5.74) is 0. The van der Waals surface area contributed by atoms with Crippen molar-refractivity contribution in [3.8, 4) is 0 Å². The molecular formula is C10H19NO2. The number of Topliss-reactive ketones (excluding diaryl/α,β-unsaturated/α-hetero) is 1. The van der Waals surface area contributed by atoms with Gasteiger partial charge in [-0.2, -0.15) is 0 Å². The van der Waals surface area contributed by atoms with Crippen LogP contribution in [0.15, 0.2) is 0 Å². The highest BCUT2D eigenvalue weighted by atomic mass is 16.5. The van der Waals surface area contributed by atoms with Crippen molar-refractivity contribution >= 4 is 5.78 Å². The number of hydrogen-bond donors (Lipinski definition) is 0. The lowest BCUT2D eigenvalue weighted by Gasteiger charge is -2.12. The topological polar surface area (TPSA) is 29.5 Å². The molecule has 1 aliphatic rings. The van der Waals surface area contributed by atoms with Crippen LogP contribution in [0.25, 0.3) is 0 Å². The first-order chi connectivity index (χ1) is 6.09. The van der Waals surface area contributed by atoms with Crippen LogP contribution in [0.5, 0.6) is 0 Å². The molecule has 1 fully saturated rings. The molecule has 0 aromatic heterocycles. The van der Waals surface area contributed by atoms with Crippen LogP contribution >= 0.6 is 0 Å². The molecule has 1 atom stereocenters. The Labute approximate surface area is 80.1 Å². The molecule has 0 aromatic rings. The molecule has 13 heavy (non-hydrogen) atoms. The average Bonchev–Trinajstić information content (AvgIpc) is 2.47. The summed E-state index contributed by atoms with van der Waals surface area (Å²) >= 11 is 0. The lowest BCUT2D eigenvalue weighted by molar-refractivity contribution is -0.128. The van der Waals surface area contributed by atoms with Gasteiger partial charge in [0.1, 0.15) is 6.61 Å². The van der Waals surface area contributed by atoms with Crippen molar-refractivity contribution in [2.75, 3.05) is 26.7 Å². The molecule has 0 radical (unpaired) electrons. The summed E-state index contributed by atoms with van der Waals surface area (Å²) in [4.78, 5) is 13.5. The molecule has 1 rings (SSSR count). The fourth-order valence-electron chi connectivity index (χ4n) is 1.40. The quantitative estimate of drug-likeness (QED) is 0.652. The van der Waals surface area contributed by atoms with Crippen LogP contribution in [-0.2, 0) is 9.53 Å². The van der Waals surface area contributed by atoms with Gasteiger partial charge in [-0.1, -0.05) is 13.8 Å². The van der Waals surface area contributed by atoms with Gasteiger partial charge < -0.3 is 9.64 Å². The SMILES string of the molecule is CC(C)C(=O)COC1CCN(C)C1. The van der Waals surface area contributed by atoms with E-state index in [1.807, 2.05) is 13.8 Å². The van der Waals surface area contributed by atoms with E-state index < -0.39 is 0 Å². The second-order valence-corrected chi connectivity index (χ2v) is 4.10. The monoisotopic (exact) mass is 185 g/mol. The van der Waals surface area contributed by atoms with Gasteiger partial charge in [0.15, 0.2) is 5.78 Å². The number of ether oxygens (including phenoxy) is 1. The van der Waals surface area contributed by atoms with Crippen LogP contribution < -0.4 is 0 Å². The number of carbonyl (C=O) groups is 1. The van der Waals surface area contributed by atoms with Crippen LogP contribution in [-0.4, -0.2) is 43.5 Å². The molecule has 0 N–H and O–H groups in total.